The summed E-state index contributed by atoms with van der Waals surface area (Å²) in [4.78, 5) is 21.0. The third kappa shape index (κ3) is 8.17. The molecule has 0 aliphatic carbocycles. The van der Waals surface area contributed by atoms with Gasteiger partial charge in [0.2, 0.25) is 5.91 Å². The maximum Gasteiger partial charge on any atom is 0.241 e. The van der Waals surface area contributed by atoms with E-state index < -0.39 is 0 Å². The lowest BCUT2D eigenvalue weighted by atomic mass is 10.1. The summed E-state index contributed by atoms with van der Waals surface area (Å²) in [6.45, 7) is 10.0. The molecule has 30 heavy (non-hydrogen) atoms. The fourth-order valence-corrected chi connectivity index (χ4v) is 3.26. The number of hydrogen-bond donors (Lipinski definition) is 2. The molecule has 1 aliphatic rings. The minimum absolute atomic E-state index is 0. The van der Waals surface area contributed by atoms with Crippen molar-refractivity contribution in [1.29, 1.82) is 0 Å². The Morgan fingerprint density at radius 1 is 1.10 bits per heavy atom. The second-order valence-electron chi connectivity index (χ2n) is 6.96. The smallest absolute Gasteiger partial charge is 0.241 e. The first kappa shape index (κ1) is 26.3. The average molecular weight is 533 g/mol. The molecule has 2 N–H and O–H groups in total. The van der Waals surface area contributed by atoms with Gasteiger partial charge in [0, 0.05) is 51.4 Å². The summed E-state index contributed by atoms with van der Waals surface area (Å²) < 4.78 is 10.9. The van der Waals surface area contributed by atoms with Crippen molar-refractivity contribution in [2.24, 2.45) is 4.99 Å². The first-order valence-corrected chi connectivity index (χ1v) is 10.3. The van der Waals surface area contributed by atoms with Crippen molar-refractivity contribution in [2.45, 2.75) is 26.8 Å². The van der Waals surface area contributed by atoms with Crippen molar-refractivity contribution in [2.75, 3.05) is 60.0 Å². The molecule has 0 aromatic heterocycles. The van der Waals surface area contributed by atoms with E-state index in [1.807, 2.05) is 32.0 Å². The van der Waals surface area contributed by atoms with Gasteiger partial charge in [-0.05, 0) is 31.5 Å². The van der Waals surface area contributed by atoms with Crippen LogP contribution in [0.2, 0.25) is 0 Å². The fraction of sp³-hybridized carbons (Fsp3) is 0.619. The second kappa shape index (κ2) is 14.3. The van der Waals surface area contributed by atoms with Crippen LogP contribution >= 0.6 is 24.0 Å². The summed E-state index contributed by atoms with van der Waals surface area (Å²) in [6.07, 6.45) is 0.926. The number of halogens is 1. The molecule has 8 nitrogen and oxygen atoms in total. The maximum absolute atomic E-state index is 11.9. The van der Waals surface area contributed by atoms with Crippen LogP contribution in [-0.4, -0.2) is 81.7 Å². The predicted octanol–water partition coefficient (Wildman–Crippen LogP) is 1.93. The van der Waals surface area contributed by atoms with Crippen LogP contribution in [0.15, 0.2) is 23.2 Å². The van der Waals surface area contributed by atoms with E-state index in [4.69, 9.17) is 9.47 Å². The quantitative estimate of drug-likeness (QED) is 0.287. The number of carbonyl (C=O) groups excluding carboxylic acids is 1. The molecule has 1 saturated heterocycles. The van der Waals surface area contributed by atoms with Crippen LogP contribution in [-0.2, 0) is 11.3 Å². The van der Waals surface area contributed by atoms with Crippen molar-refractivity contribution >= 4 is 35.8 Å². The zero-order valence-corrected chi connectivity index (χ0v) is 20.9. The highest BCUT2D eigenvalue weighted by Gasteiger charge is 2.21. The van der Waals surface area contributed by atoms with Crippen molar-refractivity contribution in [1.82, 2.24) is 20.4 Å². The Morgan fingerprint density at radius 2 is 1.83 bits per heavy atom. The van der Waals surface area contributed by atoms with Gasteiger partial charge in [0.1, 0.15) is 18.0 Å². The molecule has 1 aromatic rings. The molecule has 0 bridgehead atoms. The van der Waals surface area contributed by atoms with Crippen molar-refractivity contribution in [3.63, 3.8) is 0 Å². The van der Waals surface area contributed by atoms with E-state index in [9.17, 15) is 4.79 Å². The number of nitrogens with one attached hydrogen (secondary N) is 2. The first-order valence-electron chi connectivity index (χ1n) is 10.3. The molecule has 1 aromatic carbocycles. The van der Waals surface area contributed by atoms with Crippen LogP contribution in [0, 0.1) is 0 Å². The Morgan fingerprint density at radius 3 is 2.43 bits per heavy atom. The van der Waals surface area contributed by atoms with Gasteiger partial charge >= 0.3 is 0 Å². The van der Waals surface area contributed by atoms with E-state index in [2.05, 4.69) is 25.4 Å². The average Bonchev–Trinajstić information content (AvgIpc) is 2.75. The number of carbonyl (C=O) groups is 1. The summed E-state index contributed by atoms with van der Waals surface area (Å²) in [5, 5.41) is 6.17. The number of methoxy groups -OCH3 is 2. The SMILES string of the molecule is CCCNC(=O)CN=C(NCC)N1CCN(Cc2cc(OC)ccc2OC)CC1.I. The lowest BCUT2D eigenvalue weighted by Gasteiger charge is -2.36. The van der Waals surface area contributed by atoms with Crippen molar-refractivity contribution in [3.8, 4) is 11.5 Å². The van der Waals surface area contributed by atoms with E-state index in [1.165, 1.54) is 0 Å². The van der Waals surface area contributed by atoms with Gasteiger partial charge in [-0.2, -0.15) is 0 Å². The lowest BCUT2D eigenvalue weighted by Crippen LogP contribution is -2.52. The Hall–Kier alpha value is -1.75. The van der Waals surface area contributed by atoms with Gasteiger partial charge in [-0.25, -0.2) is 4.99 Å². The van der Waals surface area contributed by atoms with Crippen LogP contribution in [0.4, 0.5) is 0 Å². The van der Waals surface area contributed by atoms with Crippen LogP contribution in [0.25, 0.3) is 0 Å². The monoisotopic (exact) mass is 533 g/mol. The zero-order valence-electron chi connectivity index (χ0n) is 18.6. The number of aliphatic imine (C=N–C) groups is 1. The normalized spacial score (nSPS) is 14.7. The molecule has 0 spiro atoms. The van der Waals surface area contributed by atoms with Gasteiger partial charge in [-0.1, -0.05) is 6.92 Å². The summed E-state index contributed by atoms with van der Waals surface area (Å²) in [5.74, 6) is 2.48. The molecule has 1 aliphatic heterocycles. The molecule has 1 fully saturated rings. The summed E-state index contributed by atoms with van der Waals surface area (Å²) >= 11 is 0. The molecule has 0 unspecified atom stereocenters. The van der Waals surface area contributed by atoms with Gasteiger partial charge < -0.3 is 25.0 Å². The van der Waals surface area contributed by atoms with Crippen LogP contribution in [0.3, 0.4) is 0 Å². The largest absolute Gasteiger partial charge is 0.497 e. The van der Waals surface area contributed by atoms with E-state index >= 15 is 0 Å². The van der Waals surface area contributed by atoms with Gasteiger partial charge in [-0.15, -0.1) is 24.0 Å². The van der Waals surface area contributed by atoms with E-state index in [0.717, 1.165) is 68.7 Å². The number of rotatable bonds is 9. The Balaban J connectivity index is 0.00000450. The van der Waals surface area contributed by atoms with Crippen LogP contribution in [0.5, 0.6) is 11.5 Å². The lowest BCUT2D eigenvalue weighted by molar-refractivity contribution is -0.119. The third-order valence-corrected chi connectivity index (χ3v) is 4.83. The molecule has 170 valence electrons. The topological polar surface area (TPSA) is 78.4 Å². The molecule has 1 amide bonds. The van der Waals surface area contributed by atoms with Gasteiger partial charge in [0.25, 0.3) is 0 Å². The molecule has 9 heteroatoms. The summed E-state index contributed by atoms with van der Waals surface area (Å²) in [7, 11) is 3.37. The highest BCUT2D eigenvalue weighted by Crippen LogP contribution is 2.25. The van der Waals surface area contributed by atoms with Crippen molar-refractivity contribution in [3.05, 3.63) is 23.8 Å². The molecule has 0 radical (unpaired) electrons. The fourth-order valence-electron chi connectivity index (χ4n) is 3.26. The summed E-state index contributed by atoms with van der Waals surface area (Å²) in [5.41, 5.74) is 1.12. The number of piperazine rings is 1. The minimum atomic E-state index is -0.0361. The standard InChI is InChI=1S/C21H35N5O3.HI/c1-5-9-23-20(27)15-24-21(22-6-2)26-12-10-25(11-13-26)16-17-14-18(28-3)7-8-19(17)29-4;/h7-8,14H,5-6,9-13,15-16H2,1-4H3,(H,22,24)(H,23,27);1H. The highest BCUT2D eigenvalue weighted by molar-refractivity contribution is 14.0. The zero-order chi connectivity index (χ0) is 21.1. The Bertz CT molecular complexity index is 679. The molecule has 0 saturated carbocycles. The highest BCUT2D eigenvalue weighted by atomic mass is 127. The molecular weight excluding hydrogens is 497 g/mol. The first-order chi connectivity index (χ1) is 14.1. The number of guanidine groups is 1. The molecule has 0 atom stereocenters. The maximum atomic E-state index is 11.9. The van der Waals surface area contributed by atoms with Gasteiger partial charge in [0.05, 0.1) is 14.2 Å². The Kier molecular flexibility index (Phi) is 12.5. The van der Waals surface area contributed by atoms with E-state index in [0.29, 0.717) is 6.54 Å². The van der Waals surface area contributed by atoms with E-state index in [1.54, 1.807) is 14.2 Å². The van der Waals surface area contributed by atoms with Crippen molar-refractivity contribution < 1.29 is 14.3 Å². The van der Waals surface area contributed by atoms with Gasteiger partial charge in [0.15, 0.2) is 5.96 Å². The molecule has 1 heterocycles. The number of nitrogens with zero attached hydrogens (tertiary/aromatic N) is 3. The minimum Gasteiger partial charge on any atom is -0.497 e. The number of ether oxygens (including phenoxy) is 2. The van der Waals surface area contributed by atoms with E-state index in [-0.39, 0.29) is 36.4 Å². The second-order valence-corrected chi connectivity index (χ2v) is 6.96. The van der Waals surface area contributed by atoms with Gasteiger partial charge in [-0.3, -0.25) is 9.69 Å². The molecular formula is C21H36IN5O3. The summed E-state index contributed by atoms with van der Waals surface area (Å²) in [6, 6.07) is 5.89. The van der Waals surface area contributed by atoms with Crippen LogP contribution < -0.4 is 20.1 Å². The number of amides is 1. The number of benzene rings is 1. The number of hydrogen-bond acceptors (Lipinski definition) is 5. The third-order valence-electron chi connectivity index (χ3n) is 4.83. The Labute approximate surface area is 197 Å². The molecule has 2 rings (SSSR count). The van der Waals surface area contributed by atoms with Crippen LogP contribution in [0.1, 0.15) is 25.8 Å². The predicted molar refractivity (Wildman–Crippen MR) is 131 cm³/mol.